The lowest BCUT2D eigenvalue weighted by molar-refractivity contribution is 0.0857. The van der Waals surface area contributed by atoms with Crippen molar-refractivity contribution in [3.05, 3.63) is 66.1 Å². The predicted molar refractivity (Wildman–Crippen MR) is 94.1 cm³/mol. The SMILES string of the molecule is O=C(NC[C@@H]1CCCO1)c1cnn(-c2cc(F)cc(F)c2)c1-n1cccc1. The summed E-state index contributed by atoms with van der Waals surface area (Å²) in [5.41, 5.74) is 0.489. The molecule has 1 fully saturated rings. The molecular weight excluding hydrogens is 354 g/mol. The van der Waals surface area contributed by atoms with E-state index in [0.717, 1.165) is 31.0 Å². The average molecular weight is 372 g/mol. The van der Waals surface area contributed by atoms with E-state index >= 15 is 0 Å². The monoisotopic (exact) mass is 372 g/mol. The van der Waals surface area contributed by atoms with Crippen LogP contribution in [0.25, 0.3) is 11.5 Å². The van der Waals surface area contributed by atoms with Crippen molar-refractivity contribution in [2.24, 2.45) is 0 Å². The highest BCUT2D eigenvalue weighted by molar-refractivity contribution is 5.97. The molecule has 1 aliphatic rings. The van der Waals surface area contributed by atoms with Gasteiger partial charge in [-0.2, -0.15) is 5.10 Å². The molecule has 8 heteroatoms. The lowest BCUT2D eigenvalue weighted by Gasteiger charge is -2.13. The second-order valence-electron chi connectivity index (χ2n) is 6.36. The van der Waals surface area contributed by atoms with Gasteiger partial charge in [0.2, 0.25) is 0 Å². The fourth-order valence-corrected chi connectivity index (χ4v) is 3.18. The molecule has 140 valence electrons. The Morgan fingerprint density at radius 3 is 2.63 bits per heavy atom. The third-order valence-electron chi connectivity index (χ3n) is 4.44. The first-order valence-corrected chi connectivity index (χ1v) is 8.69. The molecule has 0 aliphatic carbocycles. The van der Waals surface area contributed by atoms with Crippen LogP contribution in [0.15, 0.2) is 48.9 Å². The second kappa shape index (κ2) is 7.32. The number of hydrogen-bond donors (Lipinski definition) is 1. The summed E-state index contributed by atoms with van der Waals surface area (Å²) in [5, 5.41) is 7.05. The highest BCUT2D eigenvalue weighted by Crippen LogP contribution is 2.21. The van der Waals surface area contributed by atoms with Crippen LogP contribution in [0, 0.1) is 11.6 Å². The summed E-state index contributed by atoms with van der Waals surface area (Å²) >= 11 is 0. The van der Waals surface area contributed by atoms with Gasteiger partial charge >= 0.3 is 0 Å². The topological polar surface area (TPSA) is 61.1 Å². The number of benzene rings is 1. The van der Waals surface area contributed by atoms with Gasteiger partial charge in [-0.25, -0.2) is 13.5 Å². The van der Waals surface area contributed by atoms with Crippen LogP contribution in [0.3, 0.4) is 0 Å². The number of carbonyl (C=O) groups excluding carboxylic acids is 1. The number of rotatable bonds is 5. The molecule has 0 unspecified atom stereocenters. The number of carbonyl (C=O) groups is 1. The van der Waals surface area contributed by atoms with Gasteiger partial charge < -0.3 is 14.6 Å². The van der Waals surface area contributed by atoms with Gasteiger partial charge in [0.15, 0.2) is 5.82 Å². The summed E-state index contributed by atoms with van der Waals surface area (Å²) in [4.78, 5) is 12.7. The molecule has 4 rings (SSSR count). The van der Waals surface area contributed by atoms with E-state index in [2.05, 4.69) is 10.4 Å². The molecule has 1 atom stereocenters. The first kappa shape index (κ1) is 17.4. The predicted octanol–water partition coefficient (Wildman–Crippen LogP) is 2.85. The van der Waals surface area contributed by atoms with Crippen LogP contribution in [0.1, 0.15) is 23.2 Å². The zero-order valence-electron chi connectivity index (χ0n) is 14.4. The highest BCUT2D eigenvalue weighted by Gasteiger charge is 2.22. The normalized spacial score (nSPS) is 16.6. The molecule has 0 bridgehead atoms. The Bertz CT molecular complexity index is 927. The number of nitrogens with one attached hydrogen (secondary N) is 1. The van der Waals surface area contributed by atoms with Crippen molar-refractivity contribution in [1.29, 1.82) is 0 Å². The fraction of sp³-hybridized carbons (Fsp3) is 0.263. The van der Waals surface area contributed by atoms with Crippen LogP contribution < -0.4 is 5.32 Å². The lowest BCUT2D eigenvalue weighted by atomic mass is 10.2. The number of hydrogen-bond acceptors (Lipinski definition) is 3. The van der Waals surface area contributed by atoms with Crippen LogP contribution in [-0.4, -0.2) is 39.5 Å². The Kier molecular flexibility index (Phi) is 4.72. The summed E-state index contributed by atoms with van der Waals surface area (Å²) in [5.74, 6) is -1.36. The number of nitrogens with zero attached hydrogens (tertiary/aromatic N) is 3. The molecule has 3 heterocycles. The van der Waals surface area contributed by atoms with Crippen LogP contribution in [0.2, 0.25) is 0 Å². The van der Waals surface area contributed by atoms with Gasteiger partial charge in [0.25, 0.3) is 5.91 Å². The summed E-state index contributed by atoms with van der Waals surface area (Å²) in [7, 11) is 0. The van der Waals surface area contributed by atoms with Gasteiger partial charge in [-0.05, 0) is 37.1 Å². The van der Waals surface area contributed by atoms with Crippen molar-refractivity contribution in [2.75, 3.05) is 13.2 Å². The Morgan fingerprint density at radius 2 is 1.96 bits per heavy atom. The minimum Gasteiger partial charge on any atom is -0.376 e. The molecule has 3 aromatic rings. The van der Waals surface area contributed by atoms with Crippen molar-refractivity contribution >= 4 is 5.91 Å². The molecule has 1 N–H and O–H groups in total. The van der Waals surface area contributed by atoms with E-state index < -0.39 is 11.6 Å². The Hall–Kier alpha value is -3.00. The number of amides is 1. The molecule has 0 radical (unpaired) electrons. The van der Waals surface area contributed by atoms with Crippen molar-refractivity contribution in [2.45, 2.75) is 18.9 Å². The fourth-order valence-electron chi connectivity index (χ4n) is 3.18. The Balaban J connectivity index is 1.69. The van der Waals surface area contributed by atoms with Gasteiger partial charge in [0.1, 0.15) is 17.2 Å². The molecule has 1 amide bonds. The molecule has 1 saturated heterocycles. The Labute approximate surface area is 154 Å². The van der Waals surface area contributed by atoms with Crippen molar-refractivity contribution < 1.29 is 18.3 Å². The molecule has 6 nitrogen and oxygen atoms in total. The molecule has 0 spiro atoms. The van der Waals surface area contributed by atoms with E-state index in [1.54, 1.807) is 29.1 Å². The van der Waals surface area contributed by atoms with Gasteiger partial charge in [0.05, 0.1) is 18.0 Å². The van der Waals surface area contributed by atoms with Gasteiger partial charge in [-0.3, -0.25) is 4.79 Å². The van der Waals surface area contributed by atoms with E-state index in [0.29, 0.717) is 24.5 Å². The third-order valence-corrected chi connectivity index (χ3v) is 4.44. The third kappa shape index (κ3) is 3.61. The second-order valence-corrected chi connectivity index (χ2v) is 6.36. The molecular formula is C19H18F2N4O2. The van der Waals surface area contributed by atoms with Gasteiger partial charge in [-0.15, -0.1) is 0 Å². The zero-order chi connectivity index (χ0) is 18.8. The van der Waals surface area contributed by atoms with E-state index in [-0.39, 0.29) is 17.7 Å². The Morgan fingerprint density at radius 1 is 1.22 bits per heavy atom. The summed E-state index contributed by atoms with van der Waals surface area (Å²) in [6.45, 7) is 1.11. The van der Waals surface area contributed by atoms with E-state index in [1.807, 2.05) is 0 Å². The largest absolute Gasteiger partial charge is 0.376 e. The number of aromatic nitrogens is 3. The van der Waals surface area contributed by atoms with E-state index in [4.69, 9.17) is 4.74 Å². The van der Waals surface area contributed by atoms with Crippen molar-refractivity contribution in [1.82, 2.24) is 19.7 Å². The van der Waals surface area contributed by atoms with Crippen LogP contribution in [0.5, 0.6) is 0 Å². The van der Waals surface area contributed by atoms with E-state index in [1.165, 1.54) is 10.9 Å². The smallest absolute Gasteiger partial charge is 0.256 e. The maximum atomic E-state index is 13.7. The minimum absolute atomic E-state index is 0.0105. The highest BCUT2D eigenvalue weighted by atomic mass is 19.1. The van der Waals surface area contributed by atoms with Crippen LogP contribution in [0.4, 0.5) is 8.78 Å². The van der Waals surface area contributed by atoms with Crippen molar-refractivity contribution in [3.63, 3.8) is 0 Å². The lowest BCUT2D eigenvalue weighted by Crippen LogP contribution is -2.32. The van der Waals surface area contributed by atoms with Gasteiger partial charge in [0, 0.05) is 31.6 Å². The van der Waals surface area contributed by atoms with E-state index in [9.17, 15) is 13.6 Å². The maximum absolute atomic E-state index is 13.7. The quantitative estimate of drug-likeness (QED) is 0.749. The zero-order valence-corrected chi connectivity index (χ0v) is 14.4. The molecule has 1 aromatic carbocycles. The molecule has 1 aliphatic heterocycles. The molecule has 2 aromatic heterocycles. The van der Waals surface area contributed by atoms with Crippen molar-refractivity contribution in [3.8, 4) is 11.5 Å². The first-order valence-electron chi connectivity index (χ1n) is 8.69. The average Bonchev–Trinajstić information content (AvgIpc) is 3.39. The standard InChI is InChI=1S/C19H18F2N4O2/c20-13-8-14(21)10-15(9-13)25-19(24-5-1-2-6-24)17(12-23-25)18(26)22-11-16-4-3-7-27-16/h1-2,5-6,8-10,12,16H,3-4,7,11H2,(H,22,26)/t16-/m0/s1. The van der Waals surface area contributed by atoms with Gasteiger partial charge in [-0.1, -0.05) is 0 Å². The first-order chi connectivity index (χ1) is 13.1. The maximum Gasteiger partial charge on any atom is 0.256 e. The van der Waals surface area contributed by atoms with Crippen LogP contribution >= 0.6 is 0 Å². The molecule has 0 saturated carbocycles. The number of ether oxygens (including phenoxy) is 1. The van der Waals surface area contributed by atoms with Crippen LogP contribution in [-0.2, 0) is 4.74 Å². The number of halogens is 2. The summed E-state index contributed by atoms with van der Waals surface area (Å²) in [6, 6.07) is 6.70. The minimum atomic E-state index is -0.719. The summed E-state index contributed by atoms with van der Waals surface area (Å²) < 4.78 is 35.9. The summed E-state index contributed by atoms with van der Waals surface area (Å²) in [6.07, 6.45) is 6.77. The molecule has 27 heavy (non-hydrogen) atoms.